The predicted molar refractivity (Wildman–Crippen MR) is 59.3 cm³/mol. The van der Waals surface area contributed by atoms with Crippen LogP contribution in [0.2, 0.25) is 0 Å². The zero-order valence-corrected chi connectivity index (χ0v) is 9.83. The van der Waals surface area contributed by atoms with Crippen LogP contribution in [0.5, 0.6) is 0 Å². The van der Waals surface area contributed by atoms with E-state index in [1.807, 2.05) is 6.92 Å². The molecule has 3 nitrogen and oxygen atoms in total. The van der Waals surface area contributed by atoms with Gasteiger partial charge in [0.1, 0.15) is 0 Å². The molecule has 84 valence electrons. The average Bonchev–Trinajstić information content (AvgIpc) is 2.09. The Morgan fingerprint density at radius 3 is 2.71 bits per heavy atom. The van der Waals surface area contributed by atoms with Crippen LogP contribution in [0.1, 0.15) is 27.2 Å². The van der Waals surface area contributed by atoms with Crippen LogP contribution < -0.4 is 5.32 Å². The third kappa shape index (κ3) is 3.23. The predicted octanol–water partition coefficient (Wildman–Crippen LogP) is 0.685. The SMILES string of the molecule is CC1CN(C)C(C)CC1NC[C@H](C)O. The number of aliphatic hydroxyl groups is 1. The third-order valence-corrected chi connectivity index (χ3v) is 3.29. The second kappa shape index (κ2) is 5.10. The molecule has 1 rings (SSSR count). The van der Waals surface area contributed by atoms with E-state index in [0.29, 0.717) is 24.5 Å². The van der Waals surface area contributed by atoms with Gasteiger partial charge in [-0.2, -0.15) is 0 Å². The fourth-order valence-corrected chi connectivity index (χ4v) is 2.15. The molecule has 0 spiro atoms. The summed E-state index contributed by atoms with van der Waals surface area (Å²) in [6.45, 7) is 8.24. The number of nitrogens with zero attached hydrogens (tertiary/aromatic N) is 1. The summed E-state index contributed by atoms with van der Waals surface area (Å²) in [7, 11) is 2.19. The summed E-state index contributed by atoms with van der Waals surface area (Å²) in [5.74, 6) is 0.676. The van der Waals surface area contributed by atoms with Gasteiger partial charge in [0.2, 0.25) is 0 Å². The summed E-state index contributed by atoms with van der Waals surface area (Å²) in [4.78, 5) is 2.41. The third-order valence-electron chi connectivity index (χ3n) is 3.29. The number of likely N-dealkylation sites (tertiary alicyclic amines) is 1. The van der Waals surface area contributed by atoms with Crippen molar-refractivity contribution in [2.45, 2.75) is 45.4 Å². The molecule has 0 aromatic heterocycles. The van der Waals surface area contributed by atoms with E-state index >= 15 is 0 Å². The van der Waals surface area contributed by atoms with Crippen molar-refractivity contribution in [2.24, 2.45) is 5.92 Å². The lowest BCUT2D eigenvalue weighted by molar-refractivity contribution is 0.109. The molecule has 1 saturated heterocycles. The topological polar surface area (TPSA) is 35.5 Å². The summed E-state index contributed by atoms with van der Waals surface area (Å²) in [5.41, 5.74) is 0. The standard InChI is InChI=1S/C11H24N2O/c1-8-7-13(4)9(2)5-11(8)12-6-10(3)14/h8-12,14H,5-7H2,1-4H3/t8?,9?,10-,11?/m0/s1. The highest BCUT2D eigenvalue weighted by atomic mass is 16.3. The van der Waals surface area contributed by atoms with E-state index in [1.165, 1.54) is 6.42 Å². The Bertz CT molecular complexity index is 173. The fraction of sp³-hybridized carbons (Fsp3) is 1.00. The van der Waals surface area contributed by atoms with Crippen LogP contribution >= 0.6 is 0 Å². The molecule has 1 aliphatic heterocycles. The molecule has 3 heteroatoms. The molecule has 3 unspecified atom stereocenters. The zero-order chi connectivity index (χ0) is 10.7. The molecule has 14 heavy (non-hydrogen) atoms. The van der Waals surface area contributed by atoms with Crippen molar-refractivity contribution in [1.82, 2.24) is 10.2 Å². The molecule has 1 fully saturated rings. The van der Waals surface area contributed by atoms with Gasteiger partial charge in [0.25, 0.3) is 0 Å². The van der Waals surface area contributed by atoms with E-state index in [9.17, 15) is 5.11 Å². The van der Waals surface area contributed by atoms with Gasteiger partial charge >= 0.3 is 0 Å². The molecule has 0 amide bonds. The van der Waals surface area contributed by atoms with Crippen LogP contribution in [0.25, 0.3) is 0 Å². The van der Waals surface area contributed by atoms with E-state index in [0.717, 1.165) is 6.54 Å². The van der Waals surface area contributed by atoms with Crippen molar-refractivity contribution in [3.63, 3.8) is 0 Å². The monoisotopic (exact) mass is 200 g/mol. The first-order chi connectivity index (χ1) is 6.50. The normalized spacial score (nSPS) is 37.1. The fourth-order valence-electron chi connectivity index (χ4n) is 2.15. The number of piperidine rings is 1. The highest BCUT2D eigenvalue weighted by Crippen LogP contribution is 2.20. The molecule has 0 bridgehead atoms. The van der Waals surface area contributed by atoms with Crippen LogP contribution in [0, 0.1) is 5.92 Å². The molecular weight excluding hydrogens is 176 g/mol. The lowest BCUT2D eigenvalue weighted by Crippen LogP contribution is -2.51. The second-order valence-electron chi connectivity index (χ2n) is 4.87. The van der Waals surface area contributed by atoms with Crippen molar-refractivity contribution < 1.29 is 5.11 Å². The molecule has 1 heterocycles. The van der Waals surface area contributed by atoms with Gasteiger partial charge in [-0.3, -0.25) is 0 Å². The van der Waals surface area contributed by atoms with Crippen LogP contribution in [0.4, 0.5) is 0 Å². The number of aliphatic hydroxyl groups excluding tert-OH is 1. The summed E-state index contributed by atoms with van der Waals surface area (Å²) < 4.78 is 0. The smallest absolute Gasteiger partial charge is 0.0636 e. The zero-order valence-electron chi connectivity index (χ0n) is 9.83. The highest BCUT2D eigenvalue weighted by molar-refractivity contribution is 4.86. The van der Waals surface area contributed by atoms with E-state index < -0.39 is 0 Å². The first-order valence-electron chi connectivity index (χ1n) is 5.62. The maximum absolute atomic E-state index is 9.21. The molecule has 2 N–H and O–H groups in total. The summed E-state index contributed by atoms with van der Waals surface area (Å²) >= 11 is 0. The molecular formula is C11H24N2O. The van der Waals surface area contributed by atoms with Gasteiger partial charge in [-0.15, -0.1) is 0 Å². The summed E-state index contributed by atoms with van der Waals surface area (Å²) in [6.07, 6.45) is 0.946. The Kier molecular flexibility index (Phi) is 4.35. The minimum atomic E-state index is -0.239. The number of rotatable bonds is 3. The van der Waals surface area contributed by atoms with Crippen molar-refractivity contribution in [3.05, 3.63) is 0 Å². The molecule has 0 saturated carbocycles. The number of hydrogen-bond donors (Lipinski definition) is 2. The Morgan fingerprint density at radius 1 is 1.50 bits per heavy atom. The number of nitrogens with one attached hydrogen (secondary N) is 1. The van der Waals surface area contributed by atoms with Crippen molar-refractivity contribution in [1.29, 1.82) is 0 Å². The second-order valence-corrected chi connectivity index (χ2v) is 4.87. The molecule has 0 aromatic rings. The molecule has 1 aliphatic rings. The minimum Gasteiger partial charge on any atom is -0.392 e. The Morgan fingerprint density at radius 2 is 2.14 bits per heavy atom. The van der Waals surface area contributed by atoms with Gasteiger partial charge < -0.3 is 15.3 Å². The van der Waals surface area contributed by atoms with E-state index in [-0.39, 0.29) is 6.10 Å². The van der Waals surface area contributed by atoms with Gasteiger partial charge in [0.15, 0.2) is 0 Å². The lowest BCUT2D eigenvalue weighted by Gasteiger charge is -2.40. The van der Waals surface area contributed by atoms with Gasteiger partial charge in [-0.05, 0) is 33.2 Å². The minimum absolute atomic E-state index is 0.239. The highest BCUT2D eigenvalue weighted by Gasteiger charge is 2.28. The van der Waals surface area contributed by atoms with Crippen LogP contribution in [0.3, 0.4) is 0 Å². The molecule has 4 atom stereocenters. The van der Waals surface area contributed by atoms with Gasteiger partial charge in [-0.1, -0.05) is 6.92 Å². The largest absolute Gasteiger partial charge is 0.392 e. The number of hydrogen-bond acceptors (Lipinski definition) is 3. The Hall–Kier alpha value is -0.120. The Balaban J connectivity index is 2.37. The van der Waals surface area contributed by atoms with Crippen molar-refractivity contribution in [2.75, 3.05) is 20.1 Å². The van der Waals surface area contributed by atoms with Gasteiger partial charge in [0.05, 0.1) is 6.10 Å². The van der Waals surface area contributed by atoms with Crippen LogP contribution in [0.15, 0.2) is 0 Å². The molecule has 0 aliphatic carbocycles. The van der Waals surface area contributed by atoms with Gasteiger partial charge in [0, 0.05) is 25.2 Å². The van der Waals surface area contributed by atoms with Crippen LogP contribution in [-0.4, -0.2) is 48.3 Å². The first kappa shape index (κ1) is 12.0. The van der Waals surface area contributed by atoms with E-state index in [2.05, 4.69) is 31.1 Å². The maximum atomic E-state index is 9.21. The molecule has 0 radical (unpaired) electrons. The van der Waals surface area contributed by atoms with Gasteiger partial charge in [-0.25, -0.2) is 0 Å². The molecule has 0 aromatic carbocycles. The quantitative estimate of drug-likeness (QED) is 0.703. The Labute approximate surface area is 87.5 Å². The van der Waals surface area contributed by atoms with E-state index in [4.69, 9.17) is 0 Å². The maximum Gasteiger partial charge on any atom is 0.0636 e. The summed E-state index contributed by atoms with van der Waals surface area (Å²) in [5, 5.41) is 12.7. The van der Waals surface area contributed by atoms with Crippen molar-refractivity contribution >= 4 is 0 Å². The first-order valence-corrected chi connectivity index (χ1v) is 5.62. The lowest BCUT2D eigenvalue weighted by atomic mass is 9.90. The van der Waals surface area contributed by atoms with E-state index in [1.54, 1.807) is 0 Å². The summed E-state index contributed by atoms with van der Waals surface area (Å²) in [6, 6.07) is 1.22. The van der Waals surface area contributed by atoms with Crippen molar-refractivity contribution in [3.8, 4) is 0 Å². The van der Waals surface area contributed by atoms with Crippen LogP contribution in [-0.2, 0) is 0 Å². The average molecular weight is 200 g/mol.